The van der Waals surface area contributed by atoms with Gasteiger partial charge in [-0.15, -0.1) is 5.10 Å². The third-order valence-corrected chi connectivity index (χ3v) is 3.31. The smallest absolute Gasteiger partial charge is 0.213 e. The lowest BCUT2D eigenvalue weighted by Crippen LogP contribution is -2.10. The molecule has 2 aromatic rings. The summed E-state index contributed by atoms with van der Waals surface area (Å²) < 4.78 is 5.52. The number of rotatable bonds is 6. The van der Waals surface area contributed by atoms with Gasteiger partial charge in [-0.1, -0.05) is 20.8 Å². The number of oxazole rings is 1. The first-order valence-corrected chi connectivity index (χ1v) is 7.19. The van der Waals surface area contributed by atoms with Gasteiger partial charge in [0.1, 0.15) is 17.4 Å². The Bertz CT molecular complexity index is 657. The zero-order chi connectivity index (χ0) is 15.2. The summed E-state index contributed by atoms with van der Waals surface area (Å²) in [6.45, 7) is 6.42. The number of hydrogen-bond donors (Lipinski definition) is 1. The summed E-state index contributed by atoms with van der Waals surface area (Å²) in [4.78, 5) is 4.17. The Morgan fingerprint density at radius 2 is 2.00 bits per heavy atom. The number of anilines is 1. The molecule has 21 heavy (non-hydrogen) atoms. The average molecular weight is 285 g/mol. The number of aromatic nitrogens is 3. The van der Waals surface area contributed by atoms with E-state index in [1.807, 2.05) is 20.8 Å². The normalized spacial score (nSPS) is 10.4. The highest BCUT2D eigenvalue weighted by atomic mass is 16.4. The zero-order valence-corrected chi connectivity index (χ0v) is 12.6. The van der Waals surface area contributed by atoms with Crippen molar-refractivity contribution in [1.29, 1.82) is 5.26 Å². The molecule has 1 N–H and O–H groups in total. The van der Waals surface area contributed by atoms with Crippen LogP contribution in [0.4, 0.5) is 5.82 Å². The molecule has 0 amide bonds. The summed E-state index contributed by atoms with van der Waals surface area (Å²) >= 11 is 0. The summed E-state index contributed by atoms with van der Waals surface area (Å²) in [6.07, 6.45) is 4.05. The second kappa shape index (κ2) is 6.84. The van der Waals surface area contributed by atoms with Crippen molar-refractivity contribution < 1.29 is 4.42 Å². The van der Waals surface area contributed by atoms with E-state index in [4.69, 9.17) is 4.42 Å². The Hall–Kier alpha value is -2.42. The van der Waals surface area contributed by atoms with Gasteiger partial charge in [0, 0.05) is 6.42 Å². The van der Waals surface area contributed by atoms with E-state index in [1.165, 1.54) is 0 Å². The lowest BCUT2D eigenvalue weighted by atomic mass is 10.0. The van der Waals surface area contributed by atoms with Crippen LogP contribution in [0.15, 0.2) is 10.6 Å². The number of nitrogens with zero attached hydrogens (tertiary/aromatic N) is 4. The minimum Gasteiger partial charge on any atom is -0.444 e. The first-order chi connectivity index (χ1) is 10.2. The van der Waals surface area contributed by atoms with E-state index < -0.39 is 0 Å². The maximum atomic E-state index is 9.39. The summed E-state index contributed by atoms with van der Waals surface area (Å²) in [5, 5.41) is 20.8. The average Bonchev–Trinajstić information content (AvgIpc) is 2.99. The molecule has 110 valence electrons. The monoisotopic (exact) mass is 285 g/mol. The predicted octanol–water partition coefficient (Wildman–Crippen LogP) is 2.64. The number of aryl methyl sites for hydroxylation is 2. The molecule has 0 aromatic carbocycles. The van der Waals surface area contributed by atoms with Crippen LogP contribution in [-0.4, -0.2) is 15.2 Å². The first-order valence-electron chi connectivity index (χ1n) is 7.19. The standard InChI is InChI=1S/C15H19N5O/c1-4-10-8-17-14(21-10)9-18-15-12(7-16)11(5-2)13(6-3)19-20-15/h8H,4-6,9H2,1-3H3,(H,18,20). The van der Waals surface area contributed by atoms with E-state index in [0.29, 0.717) is 23.8 Å². The fourth-order valence-electron chi connectivity index (χ4n) is 2.17. The van der Waals surface area contributed by atoms with E-state index in [2.05, 4.69) is 26.6 Å². The van der Waals surface area contributed by atoms with Crippen LogP contribution < -0.4 is 5.32 Å². The van der Waals surface area contributed by atoms with Gasteiger partial charge in [0.2, 0.25) is 5.89 Å². The Kier molecular flexibility index (Phi) is 4.88. The van der Waals surface area contributed by atoms with Crippen molar-refractivity contribution in [3.05, 3.63) is 34.7 Å². The molecular formula is C15H19N5O. The summed E-state index contributed by atoms with van der Waals surface area (Å²) in [7, 11) is 0. The quantitative estimate of drug-likeness (QED) is 0.877. The highest BCUT2D eigenvalue weighted by molar-refractivity contribution is 5.56. The molecule has 0 bridgehead atoms. The van der Waals surface area contributed by atoms with Gasteiger partial charge in [-0.05, 0) is 18.4 Å². The van der Waals surface area contributed by atoms with Crippen LogP contribution in [0.25, 0.3) is 0 Å². The lowest BCUT2D eigenvalue weighted by molar-refractivity contribution is 0.465. The molecule has 0 unspecified atom stereocenters. The molecule has 0 fully saturated rings. The molecule has 0 atom stereocenters. The van der Waals surface area contributed by atoms with E-state index in [1.54, 1.807) is 6.20 Å². The van der Waals surface area contributed by atoms with Gasteiger partial charge < -0.3 is 9.73 Å². The molecule has 0 saturated heterocycles. The fraction of sp³-hybridized carbons (Fsp3) is 0.467. The summed E-state index contributed by atoms with van der Waals surface area (Å²) in [6, 6.07) is 2.23. The van der Waals surface area contributed by atoms with Crippen LogP contribution >= 0.6 is 0 Å². The van der Waals surface area contributed by atoms with Crippen LogP contribution in [0.3, 0.4) is 0 Å². The molecule has 6 heteroatoms. The van der Waals surface area contributed by atoms with Crippen LogP contribution in [0.1, 0.15) is 49.2 Å². The molecule has 0 aliphatic rings. The number of nitrogens with one attached hydrogen (secondary N) is 1. The molecule has 0 aliphatic heterocycles. The molecule has 6 nitrogen and oxygen atoms in total. The second-order valence-electron chi connectivity index (χ2n) is 4.60. The van der Waals surface area contributed by atoms with Gasteiger partial charge in [0.05, 0.1) is 18.4 Å². The number of hydrogen-bond acceptors (Lipinski definition) is 6. The fourth-order valence-corrected chi connectivity index (χ4v) is 2.17. The molecule has 0 radical (unpaired) electrons. The minimum absolute atomic E-state index is 0.387. The summed E-state index contributed by atoms with van der Waals surface area (Å²) in [5.41, 5.74) is 2.40. The van der Waals surface area contributed by atoms with Crippen molar-refractivity contribution in [1.82, 2.24) is 15.2 Å². The SMILES string of the molecule is CCc1cnc(CNc2nnc(CC)c(CC)c2C#N)o1. The van der Waals surface area contributed by atoms with Crippen molar-refractivity contribution in [3.8, 4) is 6.07 Å². The van der Waals surface area contributed by atoms with E-state index in [9.17, 15) is 5.26 Å². The van der Waals surface area contributed by atoms with Gasteiger partial charge in [0.15, 0.2) is 5.82 Å². The van der Waals surface area contributed by atoms with Gasteiger partial charge in [-0.3, -0.25) is 0 Å². The third-order valence-electron chi connectivity index (χ3n) is 3.31. The predicted molar refractivity (Wildman–Crippen MR) is 78.7 cm³/mol. The van der Waals surface area contributed by atoms with Crippen molar-refractivity contribution >= 4 is 5.82 Å². The molecule has 2 heterocycles. The highest BCUT2D eigenvalue weighted by Crippen LogP contribution is 2.20. The Morgan fingerprint density at radius 1 is 1.19 bits per heavy atom. The molecule has 0 saturated carbocycles. The van der Waals surface area contributed by atoms with Gasteiger partial charge in [-0.2, -0.15) is 10.4 Å². The summed E-state index contributed by atoms with van der Waals surface area (Å²) in [5.74, 6) is 1.91. The number of nitriles is 1. The van der Waals surface area contributed by atoms with E-state index in [-0.39, 0.29) is 0 Å². The van der Waals surface area contributed by atoms with Gasteiger partial charge in [-0.25, -0.2) is 4.98 Å². The van der Waals surface area contributed by atoms with Crippen LogP contribution in [0.2, 0.25) is 0 Å². The van der Waals surface area contributed by atoms with Crippen LogP contribution in [0, 0.1) is 11.3 Å². The Labute approximate surface area is 124 Å². The van der Waals surface area contributed by atoms with Gasteiger partial charge in [0.25, 0.3) is 0 Å². The first kappa shape index (κ1) is 15.0. The Balaban J connectivity index is 2.22. The van der Waals surface area contributed by atoms with Gasteiger partial charge >= 0.3 is 0 Å². The minimum atomic E-state index is 0.387. The second-order valence-corrected chi connectivity index (χ2v) is 4.60. The van der Waals surface area contributed by atoms with Crippen molar-refractivity contribution in [3.63, 3.8) is 0 Å². The zero-order valence-electron chi connectivity index (χ0n) is 12.6. The van der Waals surface area contributed by atoms with E-state index >= 15 is 0 Å². The van der Waals surface area contributed by atoms with Crippen molar-refractivity contribution in [2.24, 2.45) is 0 Å². The Morgan fingerprint density at radius 3 is 2.57 bits per heavy atom. The largest absolute Gasteiger partial charge is 0.444 e. The van der Waals surface area contributed by atoms with Crippen LogP contribution in [-0.2, 0) is 25.8 Å². The van der Waals surface area contributed by atoms with Crippen molar-refractivity contribution in [2.45, 2.75) is 46.6 Å². The molecule has 2 aromatic heterocycles. The topological polar surface area (TPSA) is 87.6 Å². The third kappa shape index (κ3) is 3.19. The molecule has 0 aliphatic carbocycles. The van der Waals surface area contributed by atoms with E-state index in [0.717, 1.165) is 36.3 Å². The van der Waals surface area contributed by atoms with Crippen LogP contribution in [0.5, 0.6) is 0 Å². The maximum Gasteiger partial charge on any atom is 0.213 e. The molecule has 0 spiro atoms. The molecule has 2 rings (SSSR count). The highest BCUT2D eigenvalue weighted by Gasteiger charge is 2.14. The lowest BCUT2D eigenvalue weighted by Gasteiger charge is -2.10. The molecular weight excluding hydrogens is 266 g/mol. The maximum absolute atomic E-state index is 9.39. The van der Waals surface area contributed by atoms with Crippen molar-refractivity contribution in [2.75, 3.05) is 5.32 Å².